The molecule has 1 aromatic carbocycles. The van der Waals surface area contributed by atoms with Crippen LogP contribution in [0.5, 0.6) is 11.5 Å². The van der Waals surface area contributed by atoms with E-state index in [9.17, 15) is 14.7 Å². The van der Waals surface area contributed by atoms with Crippen LogP contribution in [-0.2, 0) is 9.59 Å². The minimum Gasteiger partial charge on any atom is -0.480 e. The Morgan fingerprint density at radius 2 is 2.09 bits per heavy atom. The Kier molecular flexibility index (Phi) is 3.56. The molecule has 2 aliphatic heterocycles. The molecule has 0 bridgehead atoms. The van der Waals surface area contributed by atoms with Gasteiger partial charge >= 0.3 is 5.97 Å². The normalized spacial score (nSPS) is 20.4. The highest BCUT2D eigenvalue weighted by molar-refractivity contribution is 6.08. The number of carboxylic acid groups (broad SMARTS) is 1. The summed E-state index contributed by atoms with van der Waals surface area (Å²) < 4.78 is 10.7. The molecule has 2 atom stereocenters. The third-order valence-electron chi connectivity index (χ3n) is 4.01. The van der Waals surface area contributed by atoms with Gasteiger partial charge in [0.2, 0.25) is 12.7 Å². The van der Waals surface area contributed by atoms with Crippen LogP contribution in [0, 0.1) is 0 Å². The van der Waals surface area contributed by atoms with E-state index in [2.05, 4.69) is 5.32 Å². The van der Waals surface area contributed by atoms with Crippen molar-refractivity contribution in [3.8, 4) is 11.5 Å². The first-order valence-electron chi connectivity index (χ1n) is 7.32. The molecule has 2 heterocycles. The topological polar surface area (TPSA) is 88.1 Å². The molecular formula is C15H18N2O5. The Bertz CT molecular complexity index is 631. The van der Waals surface area contributed by atoms with Gasteiger partial charge in [0, 0.05) is 12.1 Å². The van der Waals surface area contributed by atoms with Crippen molar-refractivity contribution in [2.45, 2.75) is 38.8 Å². The molecule has 1 amide bonds. The van der Waals surface area contributed by atoms with Crippen LogP contribution in [0.3, 0.4) is 0 Å². The number of ether oxygens (including phenoxy) is 2. The molecule has 2 N–H and O–H groups in total. The molecule has 0 radical (unpaired) electrons. The van der Waals surface area contributed by atoms with Crippen molar-refractivity contribution in [2.24, 2.45) is 0 Å². The summed E-state index contributed by atoms with van der Waals surface area (Å²) in [5, 5.41) is 12.6. The van der Waals surface area contributed by atoms with Gasteiger partial charge in [-0.25, -0.2) is 4.79 Å². The van der Waals surface area contributed by atoms with Gasteiger partial charge in [-0.2, -0.15) is 0 Å². The molecule has 1 aromatic rings. The smallest absolute Gasteiger partial charge is 0.326 e. The Hall–Kier alpha value is -2.44. The summed E-state index contributed by atoms with van der Waals surface area (Å²) in [5.41, 5.74) is 1.21. The van der Waals surface area contributed by atoms with Crippen LogP contribution >= 0.6 is 0 Å². The van der Waals surface area contributed by atoms with E-state index in [1.54, 1.807) is 19.1 Å². The van der Waals surface area contributed by atoms with E-state index in [1.165, 1.54) is 4.90 Å². The first-order chi connectivity index (χ1) is 10.6. The fourth-order valence-electron chi connectivity index (χ4n) is 2.85. The Morgan fingerprint density at radius 3 is 2.68 bits per heavy atom. The van der Waals surface area contributed by atoms with Gasteiger partial charge in [-0.15, -0.1) is 0 Å². The third kappa shape index (κ3) is 2.13. The van der Waals surface area contributed by atoms with E-state index in [0.29, 0.717) is 35.7 Å². The first kappa shape index (κ1) is 14.5. The highest BCUT2D eigenvalue weighted by Crippen LogP contribution is 2.44. The number of carboxylic acids is 1. The van der Waals surface area contributed by atoms with Gasteiger partial charge < -0.3 is 19.9 Å². The SMILES string of the molecule is CCC1Nc2cc3c(cc2N(C(CC)C(=O)O)C1=O)OCO3. The number of aliphatic carboxylic acids is 1. The largest absolute Gasteiger partial charge is 0.480 e. The number of benzene rings is 1. The number of rotatable bonds is 4. The van der Waals surface area contributed by atoms with Gasteiger partial charge in [0.15, 0.2) is 11.5 Å². The molecule has 0 aliphatic carbocycles. The second kappa shape index (κ2) is 5.40. The molecule has 7 heteroatoms. The monoisotopic (exact) mass is 306 g/mol. The van der Waals surface area contributed by atoms with Crippen molar-refractivity contribution in [2.75, 3.05) is 17.0 Å². The van der Waals surface area contributed by atoms with Gasteiger partial charge in [0.1, 0.15) is 12.1 Å². The number of nitrogens with zero attached hydrogens (tertiary/aromatic N) is 1. The van der Waals surface area contributed by atoms with Crippen molar-refractivity contribution in [3.05, 3.63) is 12.1 Å². The number of hydrogen-bond acceptors (Lipinski definition) is 5. The molecule has 2 aliphatic rings. The lowest BCUT2D eigenvalue weighted by molar-refractivity contribution is -0.140. The molecule has 0 aromatic heterocycles. The van der Waals surface area contributed by atoms with Crippen LogP contribution in [0.2, 0.25) is 0 Å². The zero-order valence-electron chi connectivity index (χ0n) is 12.5. The average molecular weight is 306 g/mol. The summed E-state index contributed by atoms with van der Waals surface area (Å²) in [6.45, 7) is 3.76. The van der Waals surface area contributed by atoms with E-state index in [0.717, 1.165) is 0 Å². The molecule has 0 saturated carbocycles. The molecule has 0 fully saturated rings. The number of fused-ring (bicyclic) bond motifs is 2. The van der Waals surface area contributed by atoms with Crippen LogP contribution in [-0.4, -0.2) is 35.9 Å². The quantitative estimate of drug-likeness (QED) is 0.882. The molecule has 22 heavy (non-hydrogen) atoms. The van der Waals surface area contributed by atoms with Crippen molar-refractivity contribution in [1.82, 2.24) is 0 Å². The average Bonchev–Trinajstić information content (AvgIpc) is 2.94. The van der Waals surface area contributed by atoms with E-state index in [-0.39, 0.29) is 12.7 Å². The van der Waals surface area contributed by atoms with Gasteiger partial charge in [0.25, 0.3) is 0 Å². The standard InChI is InChI=1S/C15H18N2O5/c1-3-8-14(18)17(10(4-2)15(19)20)11-6-13-12(21-7-22-13)5-9(11)16-8/h5-6,8,10,16H,3-4,7H2,1-2H3,(H,19,20). The van der Waals surface area contributed by atoms with Crippen LogP contribution in [0.1, 0.15) is 26.7 Å². The Morgan fingerprint density at radius 1 is 1.41 bits per heavy atom. The zero-order valence-corrected chi connectivity index (χ0v) is 12.5. The van der Waals surface area contributed by atoms with Gasteiger partial charge in [0.05, 0.1) is 11.4 Å². The van der Waals surface area contributed by atoms with Crippen molar-refractivity contribution in [3.63, 3.8) is 0 Å². The van der Waals surface area contributed by atoms with Crippen LogP contribution in [0.15, 0.2) is 12.1 Å². The fourth-order valence-corrected chi connectivity index (χ4v) is 2.85. The maximum absolute atomic E-state index is 12.7. The number of amides is 1. The summed E-state index contributed by atoms with van der Waals surface area (Å²) in [6.07, 6.45) is 0.894. The number of carbonyl (C=O) groups is 2. The summed E-state index contributed by atoms with van der Waals surface area (Å²) in [6, 6.07) is 2.08. The van der Waals surface area contributed by atoms with E-state index in [1.807, 2.05) is 6.92 Å². The molecule has 7 nitrogen and oxygen atoms in total. The molecule has 3 rings (SSSR count). The zero-order chi connectivity index (χ0) is 15.9. The number of nitrogens with one attached hydrogen (secondary N) is 1. The molecule has 0 saturated heterocycles. The lowest BCUT2D eigenvalue weighted by Crippen LogP contribution is -2.54. The minimum atomic E-state index is -1.02. The highest BCUT2D eigenvalue weighted by atomic mass is 16.7. The number of anilines is 2. The molecule has 118 valence electrons. The van der Waals surface area contributed by atoms with E-state index in [4.69, 9.17) is 9.47 Å². The predicted molar refractivity (Wildman–Crippen MR) is 79.5 cm³/mol. The summed E-state index contributed by atoms with van der Waals surface area (Å²) in [4.78, 5) is 25.6. The summed E-state index contributed by atoms with van der Waals surface area (Å²) >= 11 is 0. The highest BCUT2D eigenvalue weighted by Gasteiger charge is 2.39. The van der Waals surface area contributed by atoms with Crippen molar-refractivity contribution < 1.29 is 24.2 Å². The first-order valence-corrected chi connectivity index (χ1v) is 7.32. The van der Waals surface area contributed by atoms with Crippen molar-refractivity contribution >= 4 is 23.3 Å². The van der Waals surface area contributed by atoms with Gasteiger partial charge in [-0.05, 0) is 12.8 Å². The van der Waals surface area contributed by atoms with Crippen molar-refractivity contribution in [1.29, 1.82) is 0 Å². The lowest BCUT2D eigenvalue weighted by atomic mass is 10.0. The fraction of sp³-hybridized carbons (Fsp3) is 0.467. The lowest BCUT2D eigenvalue weighted by Gasteiger charge is -2.38. The summed E-state index contributed by atoms with van der Waals surface area (Å²) in [5.74, 6) is -0.133. The maximum atomic E-state index is 12.7. The third-order valence-corrected chi connectivity index (χ3v) is 4.01. The molecule has 2 unspecified atom stereocenters. The molecule has 0 spiro atoms. The maximum Gasteiger partial charge on any atom is 0.326 e. The number of hydrogen-bond donors (Lipinski definition) is 2. The summed E-state index contributed by atoms with van der Waals surface area (Å²) in [7, 11) is 0. The van der Waals surface area contributed by atoms with Gasteiger partial charge in [-0.3, -0.25) is 9.69 Å². The Labute approximate surface area is 127 Å². The predicted octanol–water partition coefficient (Wildman–Crippen LogP) is 1.82. The Balaban J connectivity index is 2.12. The van der Waals surface area contributed by atoms with Crippen LogP contribution in [0.25, 0.3) is 0 Å². The second-order valence-electron chi connectivity index (χ2n) is 5.30. The van der Waals surface area contributed by atoms with Crippen LogP contribution < -0.4 is 19.7 Å². The minimum absolute atomic E-state index is 0.125. The van der Waals surface area contributed by atoms with Crippen LogP contribution in [0.4, 0.5) is 11.4 Å². The number of carbonyl (C=O) groups excluding carboxylic acids is 1. The van der Waals surface area contributed by atoms with E-state index >= 15 is 0 Å². The molecular weight excluding hydrogens is 288 g/mol. The van der Waals surface area contributed by atoms with E-state index < -0.39 is 18.1 Å². The van der Waals surface area contributed by atoms with Gasteiger partial charge in [-0.1, -0.05) is 13.8 Å². The second-order valence-corrected chi connectivity index (χ2v) is 5.30.